The number of benzene rings is 2. The zero-order valence-corrected chi connectivity index (χ0v) is 19.2. The molecule has 1 atom stereocenters. The minimum atomic E-state index is -0.715. The van der Waals surface area contributed by atoms with E-state index < -0.39 is 17.4 Å². The largest absolute Gasteiger partial charge is 0.337 e. The molecule has 0 radical (unpaired) electrons. The van der Waals surface area contributed by atoms with E-state index in [1.165, 1.54) is 12.1 Å². The van der Waals surface area contributed by atoms with E-state index in [9.17, 15) is 14.0 Å². The number of aromatic nitrogens is 4. The first-order chi connectivity index (χ1) is 16.8. The van der Waals surface area contributed by atoms with Gasteiger partial charge in [0.15, 0.2) is 5.82 Å². The SMILES string of the molecule is Cc1cc(C#N)cc(F)c1-n1nc2c(-c3ccc4c(c3)CN(C(=O)[C@H](C)N)CC4)n[nH]c2cc1=O. The number of nitrogens with one attached hydrogen (secondary N) is 1. The molecule has 0 spiro atoms. The van der Waals surface area contributed by atoms with Gasteiger partial charge in [-0.05, 0) is 55.2 Å². The number of rotatable bonds is 3. The van der Waals surface area contributed by atoms with Gasteiger partial charge in [-0.15, -0.1) is 0 Å². The lowest BCUT2D eigenvalue weighted by molar-refractivity contribution is -0.133. The van der Waals surface area contributed by atoms with Gasteiger partial charge in [0.2, 0.25) is 5.91 Å². The van der Waals surface area contributed by atoms with Crippen LogP contribution in [-0.2, 0) is 17.8 Å². The fourth-order valence-electron chi connectivity index (χ4n) is 4.50. The number of nitrogens with zero attached hydrogens (tertiary/aromatic N) is 5. The summed E-state index contributed by atoms with van der Waals surface area (Å²) in [5.41, 5.74) is 9.99. The Balaban J connectivity index is 1.60. The summed E-state index contributed by atoms with van der Waals surface area (Å²) in [4.78, 5) is 26.9. The maximum Gasteiger partial charge on any atom is 0.273 e. The van der Waals surface area contributed by atoms with Crippen LogP contribution in [0.2, 0.25) is 0 Å². The number of halogens is 1. The van der Waals surface area contributed by atoms with E-state index in [1.54, 1.807) is 18.7 Å². The number of amides is 1. The number of nitrogens with two attached hydrogens (primary N) is 1. The Hall–Kier alpha value is -4.36. The summed E-state index contributed by atoms with van der Waals surface area (Å²) in [5, 5.41) is 20.7. The van der Waals surface area contributed by atoms with Gasteiger partial charge in [-0.3, -0.25) is 14.7 Å². The van der Waals surface area contributed by atoms with Crippen molar-refractivity contribution < 1.29 is 9.18 Å². The lowest BCUT2D eigenvalue weighted by atomic mass is 9.96. The molecule has 2 aromatic heterocycles. The average molecular weight is 471 g/mol. The third-order valence-electron chi connectivity index (χ3n) is 6.23. The summed E-state index contributed by atoms with van der Waals surface area (Å²) in [6, 6.07) is 11.1. The summed E-state index contributed by atoms with van der Waals surface area (Å²) in [7, 11) is 0. The van der Waals surface area contributed by atoms with Crippen molar-refractivity contribution >= 4 is 16.9 Å². The van der Waals surface area contributed by atoms with Gasteiger partial charge in [0.1, 0.15) is 16.9 Å². The third-order valence-corrected chi connectivity index (χ3v) is 6.23. The fourth-order valence-corrected chi connectivity index (χ4v) is 4.50. The van der Waals surface area contributed by atoms with E-state index in [2.05, 4.69) is 15.3 Å². The molecular formula is C25H22FN7O2. The first-order valence-electron chi connectivity index (χ1n) is 11.1. The maximum absolute atomic E-state index is 14.8. The maximum atomic E-state index is 14.8. The quantitative estimate of drug-likeness (QED) is 0.471. The van der Waals surface area contributed by atoms with Gasteiger partial charge in [-0.1, -0.05) is 12.1 Å². The van der Waals surface area contributed by atoms with Crippen LogP contribution in [0.3, 0.4) is 0 Å². The zero-order chi connectivity index (χ0) is 24.9. The van der Waals surface area contributed by atoms with Crippen LogP contribution in [0.4, 0.5) is 4.39 Å². The van der Waals surface area contributed by atoms with Crippen LogP contribution in [0.5, 0.6) is 0 Å². The smallest absolute Gasteiger partial charge is 0.273 e. The molecule has 0 aliphatic carbocycles. The first-order valence-corrected chi connectivity index (χ1v) is 11.1. The summed E-state index contributed by atoms with van der Waals surface area (Å²) < 4.78 is 15.8. The monoisotopic (exact) mass is 471 g/mol. The van der Waals surface area contributed by atoms with Crippen molar-refractivity contribution in [1.82, 2.24) is 24.9 Å². The number of nitriles is 1. The van der Waals surface area contributed by atoms with Gasteiger partial charge >= 0.3 is 0 Å². The van der Waals surface area contributed by atoms with Crippen LogP contribution in [0.25, 0.3) is 28.0 Å². The van der Waals surface area contributed by atoms with Gasteiger partial charge in [-0.2, -0.15) is 20.1 Å². The molecule has 1 amide bonds. The Morgan fingerprint density at radius 2 is 2.06 bits per heavy atom. The number of hydrogen-bond acceptors (Lipinski definition) is 6. The highest BCUT2D eigenvalue weighted by atomic mass is 19.1. The van der Waals surface area contributed by atoms with Crippen LogP contribution in [0.1, 0.15) is 29.2 Å². The Kier molecular flexibility index (Phi) is 5.42. The van der Waals surface area contributed by atoms with Crippen molar-refractivity contribution in [2.24, 2.45) is 5.73 Å². The number of aryl methyl sites for hydroxylation is 1. The minimum absolute atomic E-state index is 0.0152. The number of hydrogen-bond donors (Lipinski definition) is 2. The lowest BCUT2D eigenvalue weighted by Crippen LogP contribution is -2.44. The topological polar surface area (TPSA) is 134 Å². The van der Waals surface area contributed by atoms with Gasteiger partial charge in [0.05, 0.1) is 23.2 Å². The summed E-state index contributed by atoms with van der Waals surface area (Å²) >= 11 is 0. The van der Waals surface area contributed by atoms with E-state index in [1.807, 2.05) is 24.3 Å². The van der Waals surface area contributed by atoms with Crippen molar-refractivity contribution in [2.75, 3.05) is 6.54 Å². The van der Waals surface area contributed by atoms with E-state index in [-0.39, 0.29) is 17.2 Å². The second kappa shape index (κ2) is 8.45. The molecule has 0 fully saturated rings. The molecule has 0 unspecified atom stereocenters. The molecule has 0 bridgehead atoms. The van der Waals surface area contributed by atoms with Gasteiger partial charge in [0.25, 0.3) is 5.56 Å². The molecule has 4 aromatic rings. The van der Waals surface area contributed by atoms with Gasteiger partial charge < -0.3 is 10.6 Å². The Labute approximate surface area is 199 Å². The van der Waals surface area contributed by atoms with E-state index in [0.29, 0.717) is 35.4 Å². The highest BCUT2D eigenvalue weighted by Gasteiger charge is 2.24. The highest BCUT2D eigenvalue weighted by molar-refractivity contribution is 5.89. The number of H-pyrrole nitrogens is 1. The van der Waals surface area contributed by atoms with Crippen molar-refractivity contribution in [3.05, 3.63) is 74.8 Å². The summed E-state index contributed by atoms with van der Waals surface area (Å²) in [6.45, 7) is 4.35. The Morgan fingerprint density at radius 3 is 2.77 bits per heavy atom. The average Bonchev–Trinajstić information content (AvgIpc) is 3.24. The minimum Gasteiger partial charge on any atom is -0.337 e. The molecular weight excluding hydrogens is 449 g/mol. The number of carbonyl (C=O) groups is 1. The van der Waals surface area contributed by atoms with E-state index in [0.717, 1.165) is 33.9 Å². The zero-order valence-electron chi connectivity index (χ0n) is 19.2. The lowest BCUT2D eigenvalue weighted by Gasteiger charge is -2.30. The fraction of sp³-hybridized carbons (Fsp3) is 0.240. The van der Waals surface area contributed by atoms with Crippen LogP contribution in [-0.4, -0.2) is 43.4 Å². The predicted octanol–water partition coefficient (Wildman–Crippen LogP) is 2.33. The first kappa shape index (κ1) is 22.4. The molecule has 3 N–H and O–H groups in total. The molecule has 10 heteroatoms. The van der Waals surface area contributed by atoms with Crippen LogP contribution in [0, 0.1) is 24.1 Å². The molecule has 2 aromatic carbocycles. The van der Waals surface area contributed by atoms with Crippen molar-refractivity contribution in [1.29, 1.82) is 5.26 Å². The van der Waals surface area contributed by atoms with Crippen LogP contribution >= 0.6 is 0 Å². The molecule has 0 saturated heterocycles. The number of carbonyl (C=O) groups excluding carboxylic acids is 1. The molecule has 9 nitrogen and oxygen atoms in total. The molecule has 1 aliphatic heterocycles. The van der Waals surface area contributed by atoms with Crippen molar-refractivity contribution in [3.8, 4) is 23.0 Å². The summed E-state index contributed by atoms with van der Waals surface area (Å²) in [5.74, 6) is -0.815. The van der Waals surface area contributed by atoms with Crippen LogP contribution < -0.4 is 11.3 Å². The molecule has 176 valence electrons. The second-order valence-electron chi connectivity index (χ2n) is 8.75. The number of aromatic amines is 1. The summed E-state index contributed by atoms with van der Waals surface area (Å²) in [6.07, 6.45) is 0.727. The Morgan fingerprint density at radius 1 is 1.26 bits per heavy atom. The number of fused-ring (bicyclic) bond motifs is 2. The van der Waals surface area contributed by atoms with Gasteiger partial charge in [0, 0.05) is 24.7 Å². The highest BCUT2D eigenvalue weighted by Crippen LogP contribution is 2.29. The third kappa shape index (κ3) is 3.86. The van der Waals surface area contributed by atoms with E-state index in [4.69, 9.17) is 11.0 Å². The van der Waals surface area contributed by atoms with Crippen LogP contribution in [0.15, 0.2) is 41.2 Å². The van der Waals surface area contributed by atoms with Crippen molar-refractivity contribution in [2.45, 2.75) is 32.9 Å². The van der Waals surface area contributed by atoms with Crippen molar-refractivity contribution in [3.63, 3.8) is 0 Å². The predicted molar refractivity (Wildman–Crippen MR) is 127 cm³/mol. The normalized spacial score (nSPS) is 14.0. The van der Waals surface area contributed by atoms with E-state index >= 15 is 0 Å². The standard InChI is InChI=1S/C25H22FN7O2/c1-13-7-15(11-27)8-19(26)24(13)33-21(34)10-20-23(31-33)22(30-29-20)17-4-3-16-5-6-32(12-18(16)9-17)25(35)14(2)28/h3-4,7-10,14,29H,5-6,12,28H2,1-2H3/t14-/m0/s1. The molecule has 35 heavy (non-hydrogen) atoms. The molecule has 0 saturated carbocycles. The second-order valence-corrected chi connectivity index (χ2v) is 8.75. The molecule has 1 aliphatic rings. The Bertz CT molecular complexity index is 1570. The van der Waals surface area contributed by atoms with Gasteiger partial charge in [-0.25, -0.2) is 4.39 Å². The molecule has 3 heterocycles. The molecule has 5 rings (SSSR count).